The van der Waals surface area contributed by atoms with Gasteiger partial charge in [-0.15, -0.1) is 0 Å². The molecular formula is C32H40N2. The van der Waals surface area contributed by atoms with Gasteiger partial charge in [0.25, 0.3) is 0 Å². The van der Waals surface area contributed by atoms with Gasteiger partial charge in [-0.1, -0.05) is 62.6 Å². The standard InChI is InChI=1S/C32H40N2/c1-20-21(2)33-29-15-12-23(18-27(20)29)24-14-16-30-28(19-24)32-26-11-7-6-8-22(26)13-17-31(32)34(30)25-9-4-3-5-10-25/h3-5,9-10,12,18-22,26,29,31-33H,6-8,11,13-17H2,1-2H3. The summed E-state index contributed by atoms with van der Waals surface area (Å²) in [6.45, 7) is 4.76. The van der Waals surface area contributed by atoms with Crippen molar-refractivity contribution in [2.75, 3.05) is 4.90 Å². The lowest BCUT2D eigenvalue weighted by Crippen LogP contribution is -2.44. The molecule has 0 aromatic heterocycles. The van der Waals surface area contributed by atoms with Crippen LogP contribution in [0.25, 0.3) is 0 Å². The van der Waals surface area contributed by atoms with Crippen LogP contribution in [0.4, 0.5) is 5.69 Å². The Morgan fingerprint density at radius 1 is 0.912 bits per heavy atom. The minimum absolute atomic E-state index is 0.568. The summed E-state index contributed by atoms with van der Waals surface area (Å²) in [5, 5.41) is 3.81. The quantitative estimate of drug-likeness (QED) is 0.506. The molecule has 1 saturated heterocycles. The highest BCUT2D eigenvalue weighted by Crippen LogP contribution is 2.56. The van der Waals surface area contributed by atoms with Crippen molar-refractivity contribution >= 4 is 5.69 Å². The van der Waals surface area contributed by atoms with Gasteiger partial charge in [0.1, 0.15) is 0 Å². The third-order valence-electron chi connectivity index (χ3n) is 10.4. The molecular weight excluding hydrogens is 412 g/mol. The molecule has 3 fully saturated rings. The Labute approximate surface area is 205 Å². The zero-order valence-electron chi connectivity index (χ0n) is 21.0. The zero-order chi connectivity index (χ0) is 22.8. The van der Waals surface area contributed by atoms with Crippen LogP contribution in [0.5, 0.6) is 0 Å². The third kappa shape index (κ3) is 3.24. The molecule has 7 atom stereocenters. The summed E-state index contributed by atoms with van der Waals surface area (Å²) in [6, 6.07) is 13.2. The first-order valence-electron chi connectivity index (χ1n) is 14.1. The van der Waals surface area contributed by atoms with Crippen LogP contribution in [0.3, 0.4) is 0 Å². The fourth-order valence-corrected chi connectivity index (χ4v) is 8.60. The highest BCUT2D eigenvalue weighted by atomic mass is 15.2. The van der Waals surface area contributed by atoms with Crippen LogP contribution < -0.4 is 10.2 Å². The van der Waals surface area contributed by atoms with Crippen LogP contribution in [-0.4, -0.2) is 18.1 Å². The fourth-order valence-electron chi connectivity index (χ4n) is 8.60. The van der Waals surface area contributed by atoms with Crippen molar-refractivity contribution in [3.63, 3.8) is 0 Å². The average molecular weight is 453 g/mol. The lowest BCUT2D eigenvalue weighted by atomic mass is 9.62. The summed E-state index contributed by atoms with van der Waals surface area (Å²) in [4.78, 5) is 2.80. The molecule has 7 rings (SSSR count). The summed E-state index contributed by atoms with van der Waals surface area (Å²) in [5.74, 6) is 3.24. The Hall–Kier alpha value is -2.06. The Kier molecular flexibility index (Phi) is 5.16. The Bertz CT molecular complexity index is 1090. The molecule has 2 heteroatoms. The first-order chi connectivity index (χ1) is 16.7. The summed E-state index contributed by atoms with van der Waals surface area (Å²) >= 11 is 0. The van der Waals surface area contributed by atoms with E-state index in [0.29, 0.717) is 24.0 Å². The summed E-state index contributed by atoms with van der Waals surface area (Å²) in [6.07, 6.45) is 20.0. The minimum Gasteiger partial charge on any atom is -0.341 e. The van der Waals surface area contributed by atoms with Crippen LogP contribution in [0, 0.1) is 23.7 Å². The molecule has 1 aromatic carbocycles. The highest BCUT2D eigenvalue weighted by molar-refractivity contribution is 5.63. The van der Waals surface area contributed by atoms with E-state index in [2.05, 4.69) is 72.6 Å². The van der Waals surface area contributed by atoms with E-state index in [0.717, 1.165) is 24.2 Å². The van der Waals surface area contributed by atoms with Gasteiger partial charge in [0.15, 0.2) is 0 Å². The SMILES string of the molecule is CC1NC2CC=C(C3=CC4=C(CC3)N(c3ccccc3)C3CCC5CCCCC5C43)C=C2C1C. The van der Waals surface area contributed by atoms with Gasteiger partial charge >= 0.3 is 0 Å². The Balaban J connectivity index is 1.29. The van der Waals surface area contributed by atoms with E-state index in [9.17, 15) is 0 Å². The van der Waals surface area contributed by atoms with Gasteiger partial charge in [-0.05, 0) is 97.6 Å². The Morgan fingerprint density at radius 3 is 2.65 bits per heavy atom. The van der Waals surface area contributed by atoms with Crippen molar-refractivity contribution in [2.45, 2.75) is 89.8 Å². The molecule has 0 amide bonds. The number of nitrogens with one attached hydrogen (secondary N) is 1. The lowest BCUT2D eigenvalue weighted by molar-refractivity contribution is 0.115. The van der Waals surface area contributed by atoms with E-state index in [1.54, 1.807) is 22.4 Å². The smallest absolute Gasteiger partial charge is 0.0411 e. The number of allylic oxidation sites excluding steroid dienone is 5. The van der Waals surface area contributed by atoms with Crippen molar-refractivity contribution in [3.8, 4) is 0 Å². The van der Waals surface area contributed by atoms with E-state index in [-0.39, 0.29) is 0 Å². The van der Waals surface area contributed by atoms with E-state index in [4.69, 9.17) is 0 Å². The zero-order valence-corrected chi connectivity index (χ0v) is 21.0. The number of rotatable bonds is 2. The Morgan fingerprint density at radius 2 is 1.76 bits per heavy atom. The van der Waals surface area contributed by atoms with Crippen LogP contribution >= 0.6 is 0 Å². The number of para-hydroxylation sites is 1. The number of anilines is 1. The van der Waals surface area contributed by atoms with E-state index in [1.807, 2.05) is 0 Å². The monoisotopic (exact) mass is 452 g/mol. The maximum atomic E-state index is 3.81. The summed E-state index contributed by atoms with van der Waals surface area (Å²) in [7, 11) is 0. The molecule has 1 N–H and O–H groups in total. The maximum Gasteiger partial charge on any atom is 0.0411 e. The summed E-state index contributed by atoms with van der Waals surface area (Å²) < 4.78 is 0. The molecule has 0 bridgehead atoms. The molecule has 178 valence electrons. The summed E-state index contributed by atoms with van der Waals surface area (Å²) in [5.41, 5.74) is 9.59. The second-order valence-electron chi connectivity index (χ2n) is 12.0. The normalized spacial score (nSPS) is 38.9. The molecule has 4 aliphatic carbocycles. The molecule has 0 radical (unpaired) electrons. The van der Waals surface area contributed by atoms with Crippen molar-refractivity contribution in [2.24, 2.45) is 23.7 Å². The number of hydrogen-bond donors (Lipinski definition) is 1. The molecule has 2 nitrogen and oxygen atoms in total. The third-order valence-corrected chi connectivity index (χ3v) is 10.4. The number of hydrogen-bond acceptors (Lipinski definition) is 2. The second-order valence-corrected chi connectivity index (χ2v) is 12.0. The molecule has 34 heavy (non-hydrogen) atoms. The maximum absolute atomic E-state index is 3.81. The van der Waals surface area contributed by atoms with Gasteiger partial charge in [-0.25, -0.2) is 0 Å². The van der Waals surface area contributed by atoms with Crippen LogP contribution in [0.2, 0.25) is 0 Å². The van der Waals surface area contributed by atoms with Gasteiger partial charge in [0.05, 0.1) is 0 Å². The predicted octanol–water partition coefficient (Wildman–Crippen LogP) is 7.32. The van der Waals surface area contributed by atoms with Gasteiger partial charge in [0.2, 0.25) is 0 Å². The number of benzene rings is 1. The van der Waals surface area contributed by atoms with E-state index >= 15 is 0 Å². The van der Waals surface area contributed by atoms with Crippen LogP contribution in [-0.2, 0) is 0 Å². The number of fused-ring (bicyclic) bond motifs is 5. The first-order valence-corrected chi connectivity index (χ1v) is 14.1. The molecule has 0 spiro atoms. The largest absolute Gasteiger partial charge is 0.341 e. The fraction of sp³-hybridized carbons (Fsp3) is 0.562. The number of nitrogens with zero attached hydrogens (tertiary/aromatic N) is 1. The van der Waals surface area contributed by atoms with Gasteiger partial charge in [-0.3, -0.25) is 0 Å². The van der Waals surface area contributed by atoms with Gasteiger partial charge in [-0.2, -0.15) is 0 Å². The highest BCUT2D eigenvalue weighted by Gasteiger charge is 2.50. The molecule has 2 heterocycles. The first kappa shape index (κ1) is 21.2. The van der Waals surface area contributed by atoms with Crippen molar-refractivity contribution in [1.82, 2.24) is 5.32 Å². The molecule has 6 aliphatic rings. The average Bonchev–Trinajstić information content (AvgIpc) is 3.37. The van der Waals surface area contributed by atoms with Gasteiger partial charge < -0.3 is 10.2 Å². The minimum atomic E-state index is 0.568. The van der Waals surface area contributed by atoms with Crippen LogP contribution in [0.1, 0.15) is 71.6 Å². The van der Waals surface area contributed by atoms with Gasteiger partial charge in [0, 0.05) is 35.4 Å². The lowest BCUT2D eigenvalue weighted by Gasteiger charge is -2.46. The molecule has 7 unspecified atom stereocenters. The van der Waals surface area contributed by atoms with Crippen molar-refractivity contribution in [3.05, 3.63) is 76.5 Å². The topological polar surface area (TPSA) is 15.3 Å². The van der Waals surface area contributed by atoms with Crippen molar-refractivity contribution < 1.29 is 0 Å². The van der Waals surface area contributed by atoms with E-state index < -0.39 is 0 Å². The predicted molar refractivity (Wildman–Crippen MR) is 142 cm³/mol. The molecule has 1 aromatic rings. The van der Waals surface area contributed by atoms with Crippen molar-refractivity contribution in [1.29, 1.82) is 0 Å². The molecule has 2 aliphatic heterocycles. The van der Waals surface area contributed by atoms with E-state index in [1.165, 1.54) is 62.6 Å². The second kappa shape index (κ2) is 8.26. The van der Waals surface area contributed by atoms with Crippen LogP contribution in [0.15, 0.2) is 76.5 Å². The molecule has 2 saturated carbocycles.